The Labute approximate surface area is 122 Å². The number of methoxy groups -OCH3 is 1. The molecule has 1 unspecified atom stereocenters. The minimum Gasteiger partial charge on any atom is -0.485 e. The molecule has 0 saturated carbocycles. The number of benzene rings is 1. The Morgan fingerprint density at radius 2 is 1.70 bits per heavy atom. The minimum absolute atomic E-state index is 0.0242. The SMILES string of the molecule is CC.CC(C)C(=O)C1COc2ccccc2O1.COC. The molecule has 0 radical (unpaired) electrons. The van der Waals surface area contributed by atoms with Gasteiger partial charge in [0.25, 0.3) is 0 Å². The first-order valence-corrected chi connectivity index (χ1v) is 6.92. The molecule has 4 heteroatoms. The van der Waals surface area contributed by atoms with Crippen LogP contribution in [0.3, 0.4) is 0 Å². The summed E-state index contributed by atoms with van der Waals surface area (Å²) in [4.78, 5) is 11.7. The zero-order valence-electron chi connectivity index (χ0n) is 13.3. The summed E-state index contributed by atoms with van der Waals surface area (Å²) >= 11 is 0. The number of carbonyl (C=O) groups is 1. The topological polar surface area (TPSA) is 44.8 Å². The lowest BCUT2D eigenvalue weighted by atomic mass is 10.0. The van der Waals surface area contributed by atoms with E-state index in [-0.39, 0.29) is 11.7 Å². The van der Waals surface area contributed by atoms with Crippen LogP contribution in [0.2, 0.25) is 0 Å². The third kappa shape index (κ3) is 5.61. The van der Waals surface area contributed by atoms with Crippen molar-refractivity contribution in [1.29, 1.82) is 0 Å². The maximum Gasteiger partial charge on any atom is 0.191 e. The summed E-state index contributed by atoms with van der Waals surface area (Å²) in [6.07, 6.45) is -0.458. The zero-order valence-corrected chi connectivity index (χ0v) is 13.3. The predicted molar refractivity (Wildman–Crippen MR) is 80.5 cm³/mol. The Morgan fingerprint density at radius 3 is 2.20 bits per heavy atom. The van der Waals surface area contributed by atoms with E-state index in [0.717, 1.165) is 0 Å². The van der Waals surface area contributed by atoms with E-state index in [9.17, 15) is 4.79 Å². The smallest absolute Gasteiger partial charge is 0.191 e. The summed E-state index contributed by atoms with van der Waals surface area (Å²) in [7, 11) is 3.25. The van der Waals surface area contributed by atoms with Crippen molar-refractivity contribution in [3.05, 3.63) is 24.3 Å². The predicted octanol–water partition coefficient (Wildman–Crippen LogP) is 3.34. The highest BCUT2D eigenvalue weighted by Gasteiger charge is 2.28. The van der Waals surface area contributed by atoms with E-state index in [1.54, 1.807) is 14.2 Å². The van der Waals surface area contributed by atoms with Gasteiger partial charge in [0.1, 0.15) is 6.61 Å². The summed E-state index contributed by atoms with van der Waals surface area (Å²) in [5.41, 5.74) is 0. The average molecular weight is 282 g/mol. The number of fused-ring (bicyclic) bond motifs is 1. The van der Waals surface area contributed by atoms with Crippen LogP contribution in [0.25, 0.3) is 0 Å². The molecule has 114 valence electrons. The first kappa shape index (κ1) is 18.4. The zero-order chi connectivity index (χ0) is 15.5. The van der Waals surface area contributed by atoms with Crippen molar-refractivity contribution in [2.24, 2.45) is 5.92 Å². The first-order chi connectivity index (χ1) is 9.60. The summed E-state index contributed by atoms with van der Waals surface area (Å²) in [6.45, 7) is 8.05. The fraction of sp³-hybridized carbons (Fsp3) is 0.562. The van der Waals surface area contributed by atoms with Gasteiger partial charge in [-0.05, 0) is 12.1 Å². The number of hydrogen-bond acceptors (Lipinski definition) is 4. The monoisotopic (exact) mass is 282 g/mol. The maximum absolute atomic E-state index is 11.7. The number of carbonyl (C=O) groups excluding carboxylic acids is 1. The molecule has 1 aliphatic heterocycles. The van der Waals surface area contributed by atoms with Crippen LogP contribution in [-0.2, 0) is 9.53 Å². The van der Waals surface area contributed by atoms with Gasteiger partial charge in [0.2, 0.25) is 0 Å². The lowest BCUT2D eigenvalue weighted by Gasteiger charge is -2.26. The van der Waals surface area contributed by atoms with Crippen LogP contribution < -0.4 is 9.47 Å². The van der Waals surface area contributed by atoms with Crippen molar-refractivity contribution in [1.82, 2.24) is 0 Å². The van der Waals surface area contributed by atoms with Crippen molar-refractivity contribution in [2.75, 3.05) is 20.8 Å². The Kier molecular flexibility index (Phi) is 9.47. The van der Waals surface area contributed by atoms with Crippen LogP contribution in [0.15, 0.2) is 24.3 Å². The minimum atomic E-state index is -0.458. The van der Waals surface area contributed by atoms with E-state index in [4.69, 9.17) is 9.47 Å². The molecular formula is C16H26O4. The molecule has 0 fully saturated rings. The Bertz CT molecular complexity index is 388. The van der Waals surface area contributed by atoms with Gasteiger partial charge in [-0.15, -0.1) is 0 Å². The number of hydrogen-bond donors (Lipinski definition) is 0. The van der Waals surface area contributed by atoms with Crippen molar-refractivity contribution in [3.63, 3.8) is 0 Å². The molecule has 1 aromatic rings. The summed E-state index contributed by atoms with van der Waals surface area (Å²) in [5.74, 6) is 1.43. The summed E-state index contributed by atoms with van der Waals surface area (Å²) < 4.78 is 15.3. The lowest BCUT2D eigenvalue weighted by Crippen LogP contribution is -2.38. The molecular weight excluding hydrogens is 256 g/mol. The highest BCUT2D eigenvalue weighted by Crippen LogP contribution is 2.31. The fourth-order valence-electron chi connectivity index (χ4n) is 1.53. The van der Waals surface area contributed by atoms with Gasteiger partial charge >= 0.3 is 0 Å². The number of Topliss-reactive ketones (excluding diaryl/α,β-unsaturated/α-hetero) is 1. The van der Waals surface area contributed by atoms with Gasteiger partial charge in [0, 0.05) is 20.1 Å². The van der Waals surface area contributed by atoms with E-state index >= 15 is 0 Å². The van der Waals surface area contributed by atoms with Gasteiger partial charge in [-0.25, -0.2) is 0 Å². The molecule has 20 heavy (non-hydrogen) atoms. The van der Waals surface area contributed by atoms with Crippen molar-refractivity contribution >= 4 is 5.78 Å². The van der Waals surface area contributed by atoms with Gasteiger partial charge < -0.3 is 14.2 Å². The molecule has 1 aromatic carbocycles. The maximum atomic E-state index is 11.7. The number of ether oxygens (including phenoxy) is 3. The van der Waals surface area contributed by atoms with Crippen LogP contribution in [0.5, 0.6) is 11.5 Å². The molecule has 4 nitrogen and oxygen atoms in total. The van der Waals surface area contributed by atoms with E-state index < -0.39 is 6.10 Å². The quantitative estimate of drug-likeness (QED) is 0.834. The number of para-hydroxylation sites is 2. The molecule has 2 rings (SSSR count). The molecule has 0 saturated heterocycles. The van der Waals surface area contributed by atoms with Gasteiger partial charge in [0.15, 0.2) is 23.4 Å². The van der Waals surface area contributed by atoms with Crippen LogP contribution in [-0.4, -0.2) is 32.7 Å². The largest absolute Gasteiger partial charge is 0.485 e. The summed E-state index contributed by atoms with van der Waals surface area (Å²) in [6, 6.07) is 7.40. The van der Waals surface area contributed by atoms with Crippen LogP contribution in [0, 0.1) is 5.92 Å². The second kappa shape index (κ2) is 10.3. The molecule has 0 amide bonds. The lowest BCUT2D eigenvalue weighted by molar-refractivity contribution is -0.131. The van der Waals surface area contributed by atoms with Gasteiger partial charge in [-0.1, -0.05) is 39.8 Å². The standard InChI is InChI=1S/C12H14O3.C2H6O.C2H6/c1-8(2)12(13)11-7-14-9-5-3-4-6-10(9)15-11;1-3-2;1-2/h3-6,8,11H,7H2,1-2H3;1-2H3;1-2H3. The Balaban J connectivity index is 0.000000641. The Morgan fingerprint density at radius 1 is 1.20 bits per heavy atom. The fourth-order valence-corrected chi connectivity index (χ4v) is 1.53. The highest BCUT2D eigenvalue weighted by molar-refractivity contribution is 5.85. The highest BCUT2D eigenvalue weighted by atomic mass is 16.6. The second-order valence-electron chi connectivity index (χ2n) is 4.33. The molecule has 0 spiro atoms. The van der Waals surface area contributed by atoms with E-state index in [0.29, 0.717) is 18.1 Å². The first-order valence-electron chi connectivity index (χ1n) is 6.92. The summed E-state index contributed by atoms with van der Waals surface area (Å²) in [5, 5.41) is 0. The number of rotatable bonds is 2. The van der Waals surface area contributed by atoms with Crippen LogP contribution in [0.1, 0.15) is 27.7 Å². The molecule has 0 N–H and O–H groups in total. The van der Waals surface area contributed by atoms with Crippen molar-refractivity contribution in [2.45, 2.75) is 33.8 Å². The molecule has 0 bridgehead atoms. The van der Waals surface area contributed by atoms with E-state index in [1.807, 2.05) is 52.0 Å². The Hall–Kier alpha value is -1.55. The van der Waals surface area contributed by atoms with Gasteiger partial charge in [0.05, 0.1) is 0 Å². The second-order valence-corrected chi connectivity index (χ2v) is 4.33. The number of ketones is 1. The molecule has 0 aliphatic carbocycles. The van der Waals surface area contributed by atoms with Crippen LogP contribution in [0.4, 0.5) is 0 Å². The van der Waals surface area contributed by atoms with E-state index in [1.165, 1.54) is 0 Å². The van der Waals surface area contributed by atoms with Gasteiger partial charge in [-0.3, -0.25) is 4.79 Å². The normalized spacial score (nSPS) is 15.4. The average Bonchev–Trinajstić information content (AvgIpc) is 2.48. The molecule has 1 atom stereocenters. The molecule has 1 aliphatic rings. The molecule has 0 aromatic heterocycles. The molecule has 1 heterocycles. The van der Waals surface area contributed by atoms with Crippen molar-refractivity contribution in [3.8, 4) is 11.5 Å². The third-order valence-corrected chi connectivity index (χ3v) is 2.39. The van der Waals surface area contributed by atoms with Crippen LogP contribution >= 0.6 is 0 Å². The third-order valence-electron chi connectivity index (χ3n) is 2.39. The van der Waals surface area contributed by atoms with Gasteiger partial charge in [-0.2, -0.15) is 0 Å². The van der Waals surface area contributed by atoms with Crippen molar-refractivity contribution < 1.29 is 19.0 Å². The van der Waals surface area contributed by atoms with E-state index in [2.05, 4.69) is 4.74 Å².